The third-order valence-electron chi connectivity index (χ3n) is 3.61. The van der Waals surface area contributed by atoms with Gasteiger partial charge in [-0.2, -0.15) is 0 Å². The molecule has 7 nitrogen and oxygen atoms in total. The maximum atomic E-state index is 12.2. The highest BCUT2D eigenvalue weighted by atomic mass is 16.5. The summed E-state index contributed by atoms with van der Waals surface area (Å²) in [5, 5.41) is 5.28. The summed E-state index contributed by atoms with van der Waals surface area (Å²) in [5.74, 6) is -1.35. The van der Waals surface area contributed by atoms with Crippen LogP contribution in [0.4, 0.5) is 5.69 Å². The van der Waals surface area contributed by atoms with Gasteiger partial charge >= 0.3 is 5.97 Å². The summed E-state index contributed by atoms with van der Waals surface area (Å²) in [6, 6.07) is 5.34. The molecular formula is C18H27N3O4. The molecule has 0 aliphatic heterocycles. The van der Waals surface area contributed by atoms with Gasteiger partial charge in [0.25, 0.3) is 0 Å². The first-order valence-corrected chi connectivity index (χ1v) is 8.16. The van der Waals surface area contributed by atoms with Crippen molar-refractivity contribution >= 4 is 23.5 Å². The molecule has 0 saturated heterocycles. The van der Waals surface area contributed by atoms with Gasteiger partial charge in [-0.25, -0.2) is 0 Å². The predicted molar refractivity (Wildman–Crippen MR) is 95.6 cm³/mol. The van der Waals surface area contributed by atoms with Gasteiger partial charge in [-0.1, -0.05) is 32.9 Å². The lowest BCUT2D eigenvalue weighted by Gasteiger charge is -2.19. The summed E-state index contributed by atoms with van der Waals surface area (Å²) in [6.45, 7) is 6.75. The van der Waals surface area contributed by atoms with Crippen molar-refractivity contribution in [2.75, 3.05) is 5.32 Å². The molecule has 1 unspecified atom stereocenters. The summed E-state index contributed by atoms with van der Waals surface area (Å²) in [4.78, 5) is 35.3. The van der Waals surface area contributed by atoms with Crippen LogP contribution in [0.15, 0.2) is 24.3 Å². The third kappa shape index (κ3) is 6.93. The van der Waals surface area contributed by atoms with Crippen LogP contribution in [0.5, 0.6) is 0 Å². The van der Waals surface area contributed by atoms with E-state index in [-0.39, 0.29) is 24.3 Å². The maximum absolute atomic E-state index is 12.2. The molecule has 2 amide bonds. The molecule has 0 saturated carbocycles. The lowest BCUT2D eigenvalue weighted by molar-refractivity contribution is -0.144. The zero-order valence-electron chi connectivity index (χ0n) is 16.0. The number of hydrogen-bond donors (Lipinski definition) is 3. The fourth-order valence-electron chi connectivity index (χ4n) is 1.85. The van der Waals surface area contributed by atoms with Crippen LogP contribution in [0.1, 0.15) is 41.0 Å². The topological polar surface area (TPSA) is 111 Å². The van der Waals surface area contributed by atoms with Crippen molar-refractivity contribution in [3.63, 3.8) is 0 Å². The van der Waals surface area contributed by atoms with Crippen LogP contribution >= 0.6 is 0 Å². The van der Waals surface area contributed by atoms with Gasteiger partial charge in [0.2, 0.25) is 11.8 Å². The SMILES string of the molecule is [3H]C(C)C(=O)OCc1ccc(NC(=O)[C@H](C)NC(=O)[C@@H](N)C(C)C)cc1. The number of carbonyl (C=O) groups is 3. The van der Waals surface area contributed by atoms with Gasteiger partial charge < -0.3 is 21.1 Å². The Kier molecular flexibility index (Phi) is 7.40. The quantitative estimate of drug-likeness (QED) is 0.616. The van der Waals surface area contributed by atoms with Crippen LogP contribution < -0.4 is 16.4 Å². The minimum Gasteiger partial charge on any atom is -0.461 e. The predicted octanol–water partition coefficient (Wildman–Crippen LogP) is 1.57. The van der Waals surface area contributed by atoms with E-state index >= 15 is 0 Å². The summed E-state index contributed by atoms with van der Waals surface area (Å²) < 4.78 is 12.2. The van der Waals surface area contributed by atoms with Gasteiger partial charge in [0.05, 0.1) is 6.04 Å². The molecular weight excluding hydrogens is 322 g/mol. The van der Waals surface area contributed by atoms with Crippen molar-refractivity contribution in [3.05, 3.63) is 29.8 Å². The largest absolute Gasteiger partial charge is 0.461 e. The molecule has 3 atom stereocenters. The molecule has 1 aromatic rings. The fourth-order valence-corrected chi connectivity index (χ4v) is 1.85. The van der Waals surface area contributed by atoms with Crippen LogP contribution in [-0.2, 0) is 25.7 Å². The zero-order chi connectivity index (χ0) is 19.9. The van der Waals surface area contributed by atoms with Crippen LogP contribution in [0, 0.1) is 5.92 Å². The molecule has 7 heteroatoms. The van der Waals surface area contributed by atoms with Crippen molar-refractivity contribution in [3.8, 4) is 0 Å². The number of rotatable bonds is 8. The Bertz CT molecular complexity index is 632. The Morgan fingerprint density at radius 3 is 2.28 bits per heavy atom. The fraction of sp³-hybridized carbons (Fsp3) is 0.500. The molecule has 0 bridgehead atoms. The van der Waals surface area contributed by atoms with Crippen LogP contribution in [0.2, 0.25) is 0 Å². The van der Waals surface area contributed by atoms with E-state index in [9.17, 15) is 14.4 Å². The molecule has 4 N–H and O–H groups in total. The molecule has 1 rings (SSSR count). The van der Waals surface area contributed by atoms with E-state index < -0.39 is 24.4 Å². The van der Waals surface area contributed by atoms with E-state index in [1.165, 1.54) is 6.92 Å². The van der Waals surface area contributed by atoms with E-state index in [4.69, 9.17) is 11.8 Å². The van der Waals surface area contributed by atoms with Crippen molar-refractivity contribution in [2.45, 2.75) is 52.8 Å². The average Bonchev–Trinajstić information content (AvgIpc) is 2.59. The number of esters is 1. The van der Waals surface area contributed by atoms with E-state index in [2.05, 4.69) is 10.6 Å². The molecule has 0 aromatic heterocycles. The Labute approximate surface area is 149 Å². The van der Waals surface area contributed by atoms with Crippen molar-refractivity contribution in [2.24, 2.45) is 11.7 Å². The molecule has 0 spiro atoms. The second kappa shape index (κ2) is 9.78. The van der Waals surface area contributed by atoms with Crippen LogP contribution in [-0.4, -0.2) is 29.9 Å². The summed E-state index contributed by atoms with van der Waals surface area (Å²) in [5.41, 5.74) is 7.04. The minimum absolute atomic E-state index is 0.0232. The summed E-state index contributed by atoms with van der Waals surface area (Å²) in [7, 11) is 0. The van der Waals surface area contributed by atoms with Gasteiger partial charge in [0, 0.05) is 13.5 Å². The lowest BCUT2D eigenvalue weighted by Crippen LogP contribution is -2.50. The monoisotopic (exact) mass is 351 g/mol. The second-order valence-electron chi connectivity index (χ2n) is 6.08. The molecule has 1 aromatic carbocycles. The lowest BCUT2D eigenvalue weighted by atomic mass is 10.0. The van der Waals surface area contributed by atoms with Gasteiger partial charge in [-0.05, 0) is 30.5 Å². The summed E-state index contributed by atoms with van der Waals surface area (Å²) >= 11 is 0. The Morgan fingerprint density at radius 2 is 1.76 bits per heavy atom. The van der Waals surface area contributed by atoms with Gasteiger partial charge in [0.15, 0.2) is 0 Å². The third-order valence-corrected chi connectivity index (χ3v) is 3.61. The van der Waals surface area contributed by atoms with E-state index in [0.29, 0.717) is 5.69 Å². The van der Waals surface area contributed by atoms with Crippen molar-refractivity contribution in [1.82, 2.24) is 5.32 Å². The first-order chi connectivity index (χ1) is 12.1. The number of nitrogens with one attached hydrogen (secondary N) is 2. The standard InChI is InChI=1S/C18H27N3O4/c1-5-15(22)25-10-13-6-8-14(9-7-13)21-17(23)12(4)20-18(24)16(19)11(2)3/h6-9,11-12,16H,5,10,19H2,1-4H3,(H,20,24)(H,21,23)/t12-,16-/m0/s1/i5T/t5?,12-,16-. The number of carbonyl (C=O) groups excluding carboxylic acids is 3. The molecule has 25 heavy (non-hydrogen) atoms. The Morgan fingerprint density at radius 1 is 1.16 bits per heavy atom. The number of anilines is 1. The number of nitrogens with two attached hydrogens (primary N) is 1. The maximum Gasteiger partial charge on any atom is 0.305 e. The normalized spacial score (nSPS) is 14.9. The summed E-state index contributed by atoms with van der Waals surface area (Å²) in [6.07, 6.45) is -0.922. The first-order valence-electron chi connectivity index (χ1n) is 8.74. The number of benzene rings is 1. The minimum atomic E-state index is -0.922. The Hall–Kier alpha value is -2.41. The van der Waals surface area contributed by atoms with Crippen LogP contribution in [0.3, 0.4) is 0 Å². The highest BCUT2D eigenvalue weighted by Gasteiger charge is 2.22. The number of amides is 2. The smallest absolute Gasteiger partial charge is 0.305 e. The van der Waals surface area contributed by atoms with E-state index in [1.807, 2.05) is 13.8 Å². The van der Waals surface area contributed by atoms with Crippen molar-refractivity contribution < 1.29 is 20.5 Å². The van der Waals surface area contributed by atoms with E-state index in [0.717, 1.165) is 5.56 Å². The first kappa shape index (κ1) is 18.9. The average molecular weight is 351 g/mol. The van der Waals surface area contributed by atoms with Gasteiger partial charge in [-0.3, -0.25) is 14.4 Å². The van der Waals surface area contributed by atoms with Gasteiger partial charge in [-0.15, -0.1) is 0 Å². The number of ether oxygens (including phenoxy) is 1. The van der Waals surface area contributed by atoms with Crippen LogP contribution in [0.25, 0.3) is 0 Å². The molecule has 0 radical (unpaired) electrons. The highest BCUT2D eigenvalue weighted by molar-refractivity contribution is 5.97. The molecule has 0 fully saturated rings. The molecule has 0 aliphatic rings. The highest BCUT2D eigenvalue weighted by Crippen LogP contribution is 2.11. The van der Waals surface area contributed by atoms with Gasteiger partial charge in [0.1, 0.15) is 12.6 Å². The molecule has 0 heterocycles. The molecule has 0 aliphatic carbocycles. The van der Waals surface area contributed by atoms with Crippen molar-refractivity contribution in [1.29, 1.82) is 0 Å². The number of hydrogen-bond acceptors (Lipinski definition) is 5. The zero-order valence-corrected chi connectivity index (χ0v) is 15.0. The van der Waals surface area contributed by atoms with E-state index in [1.54, 1.807) is 31.2 Å². The second-order valence-corrected chi connectivity index (χ2v) is 6.08. The molecule has 138 valence electrons. The Balaban J connectivity index is 2.54.